The molecule has 6 nitrogen and oxygen atoms in total. The second kappa shape index (κ2) is 4.40. The van der Waals surface area contributed by atoms with Gasteiger partial charge in [-0.25, -0.2) is 10.4 Å². The highest BCUT2D eigenvalue weighted by atomic mass is 16.1. The minimum atomic E-state index is -0.0405. The smallest absolute Gasteiger partial charge is 0.217 e. The number of rotatable bonds is 2. The van der Waals surface area contributed by atoms with Crippen molar-refractivity contribution in [3.63, 3.8) is 0 Å². The van der Waals surface area contributed by atoms with E-state index >= 15 is 0 Å². The monoisotopic (exact) mass is 245 g/mol. The number of hydrogen-bond donors (Lipinski definition) is 4. The summed E-state index contributed by atoms with van der Waals surface area (Å²) in [4.78, 5) is 19.0. The molecule has 94 valence electrons. The molecule has 1 fully saturated rings. The van der Waals surface area contributed by atoms with E-state index in [1.54, 1.807) is 0 Å². The van der Waals surface area contributed by atoms with Gasteiger partial charge in [-0.3, -0.25) is 10.2 Å². The first kappa shape index (κ1) is 11.2. The van der Waals surface area contributed by atoms with Gasteiger partial charge in [-0.2, -0.15) is 0 Å². The van der Waals surface area contributed by atoms with Crippen LogP contribution >= 0.6 is 0 Å². The summed E-state index contributed by atoms with van der Waals surface area (Å²) in [6.45, 7) is 2.20. The fraction of sp³-hybridized carbons (Fsp3) is 0.333. The number of fused-ring (bicyclic) bond motifs is 1. The fourth-order valence-corrected chi connectivity index (χ4v) is 2.27. The third kappa shape index (κ3) is 1.96. The molecule has 3 rings (SSSR count). The van der Waals surface area contributed by atoms with Crippen LogP contribution in [0.2, 0.25) is 0 Å². The lowest BCUT2D eigenvalue weighted by Gasteiger charge is -2.16. The van der Waals surface area contributed by atoms with Crippen molar-refractivity contribution < 1.29 is 4.79 Å². The first-order chi connectivity index (χ1) is 8.74. The Morgan fingerprint density at radius 2 is 2.28 bits per heavy atom. The zero-order valence-electron chi connectivity index (χ0n) is 10.0. The molecule has 4 N–H and O–H groups in total. The Labute approximate surface area is 104 Å². The molecule has 0 aliphatic carbocycles. The summed E-state index contributed by atoms with van der Waals surface area (Å²) in [6.07, 6.45) is 0. The largest absolute Gasteiger partial charge is 0.350 e. The highest BCUT2D eigenvalue weighted by Gasteiger charge is 2.31. The van der Waals surface area contributed by atoms with Crippen LogP contribution in [0.5, 0.6) is 0 Å². The SMILES string of the molecule is CC(=O)NC1CNNC1c1nc2ccccc2[nH]1. The molecule has 1 amide bonds. The van der Waals surface area contributed by atoms with Crippen LogP contribution in [-0.4, -0.2) is 28.5 Å². The number of carbonyl (C=O) groups excluding carboxylic acids is 1. The highest BCUT2D eigenvalue weighted by molar-refractivity contribution is 5.75. The summed E-state index contributed by atoms with van der Waals surface area (Å²) in [6, 6.07) is 7.84. The summed E-state index contributed by atoms with van der Waals surface area (Å²) < 4.78 is 0. The Balaban J connectivity index is 1.90. The van der Waals surface area contributed by atoms with Crippen LogP contribution in [0.15, 0.2) is 24.3 Å². The molecule has 2 unspecified atom stereocenters. The second-order valence-corrected chi connectivity index (χ2v) is 4.45. The van der Waals surface area contributed by atoms with Crippen molar-refractivity contribution in [1.29, 1.82) is 0 Å². The van der Waals surface area contributed by atoms with Crippen molar-refractivity contribution in [2.75, 3.05) is 6.54 Å². The molecule has 0 bridgehead atoms. The first-order valence-corrected chi connectivity index (χ1v) is 5.94. The fourth-order valence-electron chi connectivity index (χ4n) is 2.27. The number of carbonyl (C=O) groups is 1. The molecule has 0 radical (unpaired) electrons. The lowest BCUT2D eigenvalue weighted by molar-refractivity contribution is -0.119. The minimum absolute atomic E-state index is 0.00284. The number of amides is 1. The number of H-pyrrole nitrogens is 1. The average molecular weight is 245 g/mol. The minimum Gasteiger partial charge on any atom is -0.350 e. The lowest BCUT2D eigenvalue weighted by Crippen LogP contribution is -2.39. The summed E-state index contributed by atoms with van der Waals surface area (Å²) in [7, 11) is 0. The maximum Gasteiger partial charge on any atom is 0.217 e. The van der Waals surface area contributed by atoms with Crippen molar-refractivity contribution in [2.45, 2.75) is 19.0 Å². The van der Waals surface area contributed by atoms with E-state index < -0.39 is 0 Å². The number of nitrogens with one attached hydrogen (secondary N) is 4. The van der Waals surface area contributed by atoms with E-state index in [9.17, 15) is 4.79 Å². The van der Waals surface area contributed by atoms with Crippen LogP contribution in [0.1, 0.15) is 18.8 Å². The molecule has 1 aromatic carbocycles. The van der Waals surface area contributed by atoms with Crippen molar-refractivity contribution >= 4 is 16.9 Å². The summed E-state index contributed by atoms with van der Waals surface area (Å²) in [5, 5.41) is 2.91. The predicted molar refractivity (Wildman–Crippen MR) is 67.6 cm³/mol. The molecule has 1 aromatic heterocycles. The number of benzene rings is 1. The number of nitrogens with zero attached hydrogens (tertiary/aromatic N) is 1. The van der Waals surface area contributed by atoms with Gasteiger partial charge in [-0.1, -0.05) is 12.1 Å². The van der Waals surface area contributed by atoms with Crippen molar-refractivity contribution in [3.8, 4) is 0 Å². The Morgan fingerprint density at radius 1 is 1.44 bits per heavy atom. The van der Waals surface area contributed by atoms with Crippen LogP contribution in [0.4, 0.5) is 0 Å². The van der Waals surface area contributed by atoms with Crippen LogP contribution in [-0.2, 0) is 4.79 Å². The van der Waals surface area contributed by atoms with Gasteiger partial charge in [0, 0.05) is 13.5 Å². The number of aromatic amines is 1. The number of imidazole rings is 1. The standard InChI is InChI=1S/C12H15N5O/c1-7(18)14-10-6-13-17-11(10)12-15-8-4-2-3-5-9(8)16-12/h2-5,10-11,13,17H,6H2,1H3,(H,14,18)(H,15,16). The average Bonchev–Trinajstić information content (AvgIpc) is 2.93. The zero-order valence-corrected chi connectivity index (χ0v) is 10.0. The molecule has 1 aliphatic rings. The molecule has 1 aliphatic heterocycles. The van der Waals surface area contributed by atoms with Gasteiger partial charge in [0.05, 0.1) is 17.1 Å². The van der Waals surface area contributed by atoms with Gasteiger partial charge < -0.3 is 10.3 Å². The summed E-state index contributed by atoms with van der Waals surface area (Å²) in [5.41, 5.74) is 8.11. The maximum atomic E-state index is 11.2. The number of hydrogen-bond acceptors (Lipinski definition) is 4. The van der Waals surface area contributed by atoms with Gasteiger partial charge in [-0.15, -0.1) is 0 Å². The summed E-state index contributed by atoms with van der Waals surface area (Å²) in [5.74, 6) is 0.798. The van der Waals surface area contributed by atoms with Crippen LogP contribution in [0.3, 0.4) is 0 Å². The number of aromatic nitrogens is 2. The van der Waals surface area contributed by atoms with E-state index in [0.29, 0.717) is 6.54 Å². The van der Waals surface area contributed by atoms with E-state index in [1.165, 1.54) is 6.92 Å². The van der Waals surface area contributed by atoms with Crippen LogP contribution < -0.4 is 16.2 Å². The third-order valence-corrected chi connectivity index (χ3v) is 3.07. The molecule has 1 saturated heterocycles. The molecule has 2 atom stereocenters. The topological polar surface area (TPSA) is 81.8 Å². The second-order valence-electron chi connectivity index (χ2n) is 4.45. The molecule has 18 heavy (non-hydrogen) atoms. The van der Waals surface area contributed by atoms with E-state index in [0.717, 1.165) is 16.9 Å². The molecule has 2 heterocycles. The predicted octanol–water partition coefficient (Wildman–Crippen LogP) is 0.216. The third-order valence-electron chi connectivity index (χ3n) is 3.07. The zero-order chi connectivity index (χ0) is 12.5. The van der Waals surface area contributed by atoms with Crippen molar-refractivity contribution in [2.24, 2.45) is 0 Å². The first-order valence-electron chi connectivity index (χ1n) is 5.94. The Morgan fingerprint density at radius 3 is 3.06 bits per heavy atom. The molecule has 2 aromatic rings. The Hall–Kier alpha value is -1.92. The van der Waals surface area contributed by atoms with Gasteiger partial charge >= 0.3 is 0 Å². The number of hydrazine groups is 1. The highest BCUT2D eigenvalue weighted by Crippen LogP contribution is 2.20. The Bertz CT molecular complexity index is 546. The van der Waals surface area contributed by atoms with Crippen molar-refractivity contribution in [3.05, 3.63) is 30.1 Å². The van der Waals surface area contributed by atoms with Crippen LogP contribution in [0, 0.1) is 0 Å². The quantitative estimate of drug-likeness (QED) is 0.610. The van der Waals surface area contributed by atoms with Gasteiger partial charge in [-0.05, 0) is 12.1 Å². The molecular weight excluding hydrogens is 230 g/mol. The molecular formula is C12H15N5O. The van der Waals surface area contributed by atoms with Gasteiger partial charge in [0.1, 0.15) is 11.9 Å². The van der Waals surface area contributed by atoms with Crippen LogP contribution in [0.25, 0.3) is 11.0 Å². The molecule has 0 spiro atoms. The maximum absolute atomic E-state index is 11.2. The normalized spacial score (nSPS) is 23.4. The van der Waals surface area contributed by atoms with E-state index in [-0.39, 0.29) is 18.0 Å². The number of para-hydroxylation sites is 2. The molecule has 6 heteroatoms. The van der Waals surface area contributed by atoms with E-state index in [2.05, 4.69) is 26.1 Å². The van der Waals surface area contributed by atoms with Gasteiger partial charge in [0.25, 0.3) is 0 Å². The summed E-state index contributed by atoms with van der Waals surface area (Å²) >= 11 is 0. The Kier molecular flexibility index (Phi) is 2.73. The van der Waals surface area contributed by atoms with Gasteiger partial charge in [0.2, 0.25) is 5.91 Å². The van der Waals surface area contributed by atoms with Gasteiger partial charge in [0.15, 0.2) is 0 Å². The lowest BCUT2D eigenvalue weighted by atomic mass is 10.1. The van der Waals surface area contributed by atoms with Crippen molar-refractivity contribution in [1.82, 2.24) is 26.1 Å². The molecule has 0 saturated carbocycles. The van der Waals surface area contributed by atoms with E-state index in [1.807, 2.05) is 24.3 Å². The van der Waals surface area contributed by atoms with E-state index in [4.69, 9.17) is 0 Å².